The second-order valence-corrected chi connectivity index (χ2v) is 5.20. The van der Waals surface area contributed by atoms with E-state index >= 15 is 0 Å². The number of nitrogens with one attached hydrogen (secondary N) is 1. The zero-order chi connectivity index (χ0) is 12.1. The minimum Gasteiger partial charge on any atom is -0.396 e. The molecular formula is C13H24N2O2. The number of hydrogen-bond donors (Lipinski definition) is 2. The Morgan fingerprint density at radius 1 is 1.24 bits per heavy atom. The fraction of sp³-hybridized carbons (Fsp3) is 0.923. The maximum absolute atomic E-state index is 12.4. The third kappa shape index (κ3) is 3.19. The lowest BCUT2D eigenvalue weighted by Crippen LogP contribution is -2.48. The summed E-state index contributed by atoms with van der Waals surface area (Å²) in [6.45, 7) is 1.86. The minimum atomic E-state index is -0.163. The molecule has 0 aromatic carbocycles. The van der Waals surface area contributed by atoms with Crippen molar-refractivity contribution in [2.24, 2.45) is 0 Å². The van der Waals surface area contributed by atoms with Crippen LogP contribution in [0.15, 0.2) is 0 Å². The van der Waals surface area contributed by atoms with Crippen molar-refractivity contribution in [1.82, 2.24) is 10.2 Å². The zero-order valence-corrected chi connectivity index (χ0v) is 10.5. The van der Waals surface area contributed by atoms with Crippen molar-refractivity contribution in [2.45, 2.75) is 57.0 Å². The van der Waals surface area contributed by atoms with Crippen LogP contribution in [-0.2, 0) is 4.79 Å². The van der Waals surface area contributed by atoms with Gasteiger partial charge in [0.2, 0.25) is 5.91 Å². The van der Waals surface area contributed by atoms with Gasteiger partial charge in [0.25, 0.3) is 0 Å². The Kier molecular flexibility index (Phi) is 4.80. The van der Waals surface area contributed by atoms with Gasteiger partial charge in [0.15, 0.2) is 0 Å². The predicted molar refractivity (Wildman–Crippen MR) is 66.7 cm³/mol. The number of aliphatic hydroxyl groups excluding tert-OH is 1. The molecule has 0 spiro atoms. The van der Waals surface area contributed by atoms with Crippen molar-refractivity contribution in [1.29, 1.82) is 0 Å². The van der Waals surface area contributed by atoms with Gasteiger partial charge < -0.3 is 15.3 Å². The summed E-state index contributed by atoms with van der Waals surface area (Å²) in [7, 11) is 0. The first-order valence-corrected chi connectivity index (χ1v) is 6.97. The fourth-order valence-corrected chi connectivity index (χ4v) is 3.03. The Bertz CT molecular complexity index is 252. The fourth-order valence-electron chi connectivity index (χ4n) is 3.03. The predicted octanol–water partition coefficient (Wildman–Crippen LogP) is 0.892. The van der Waals surface area contributed by atoms with Crippen molar-refractivity contribution in [2.75, 3.05) is 19.7 Å². The molecule has 0 aromatic heterocycles. The second kappa shape index (κ2) is 6.36. The zero-order valence-electron chi connectivity index (χ0n) is 10.5. The van der Waals surface area contributed by atoms with Gasteiger partial charge in [-0.2, -0.15) is 0 Å². The number of carbonyl (C=O) groups is 1. The van der Waals surface area contributed by atoms with Crippen molar-refractivity contribution in [3.63, 3.8) is 0 Å². The monoisotopic (exact) mass is 240 g/mol. The van der Waals surface area contributed by atoms with E-state index in [0.717, 1.165) is 32.4 Å². The van der Waals surface area contributed by atoms with E-state index in [-0.39, 0.29) is 18.6 Å². The molecule has 2 fully saturated rings. The summed E-state index contributed by atoms with van der Waals surface area (Å²) in [5.74, 6) is 0.212. The summed E-state index contributed by atoms with van der Waals surface area (Å²) in [4.78, 5) is 14.5. The first-order chi connectivity index (χ1) is 8.33. The summed E-state index contributed by atoms with van der Waals surface area (Å²) in [5.41, 5.74) is 0. The molecule has 1 saturated heterocycles. The molecular weight excluding hydrogens is 216 g/mol. The number of amides is 1. The lowest BCUT2D eigenvalue weighted by atomic mass is 9.93. The first-order valence-electron chi connectivity index (χ1n) is 6.97. The van der Waals surface area contributed by atoms with E-state index in [0.29, 0.717) is 12.5 Å². The van der Waals surface area contributed by atoms with Crippen LogP contribution in [-0.4, -0.2) is 47.7 Å². The third-order valence-electron chi connectivity index (χ3n) is 3.98. The summed E-state index contributed by atoms with van der Waals surface area (Å²) in [6.07, 6.45) is 7.73. The van der Waals surface area contributed by atoms with Crippen LogP contribution >= 0.6 is 0 Å². The first kappa shape index (κ1) is 12.8. The molecule has 2 N–H and O–H groups in total. The van der Waals surface area contributed by atoms with E-state index < -0.39 is 0 Å². The average Bonchev–Trinajstić information content (AvgIpc) is 2.54. The lowest BCUT2D eigenvalue weighted by Gasteiger charge is -2.35. The Morgan fingerprint density at radius 2 is 2.00 bits per heavy atom. The molecule has 1 aliphatic carbocycles. The second-order valence-electron chi connectivity index (χ2n) is 5.20. The van der Waals surface area contributed by atoms with Gasteiger partial charge in [-0.1, -0.05) is 19.3 Å². The molecule has 17 heavy (non-hydrogen) atoms. The molecule has 1 saturated carbocycles. The molecule has 1 heterocycles. The molecule has 2 aliphatic rings. The average molecular weight is 240 g/mol. The quantitative estimate of drug-likeness (QED) is 0.770. The minimum absolute atomic E-state index is 0.0852. The maximum Gasteiger partial charge on any atom is 0.240 e. The number of aliphatic hydroxyl groups is 1. The number of hydrogen-bond acceptors (Lipinski definition) is 3. The van der Waals surface area contributed by atoms with Gasteiger partial charge in [-0.05, 0) is 32.2 Å². The summed E-state index contributed by atoms with van der Waals surface area (Å²) in [6, 6.07) is 0.293. The van der Waals surface area contributed by atoms with Crippen LogP contribution in [0.3, 0.4) is 0 Å². The van der Waals surface area contributed by atoms with Crippen LogP contribution in [0.25, 0.3) is 0 Å². The Balaban J connectivity index is 2.00. The van der Waals surface area contributed by atoms with Crippen LogP contribution in [0.4, 0.5) is 0 Å². The van der Waals surface area contributed by atoms with Gasteiger partial charge in [0.1, 0.15) is 0 Å². The van der Waals surface area contributed by atoms with E-state index in [9.17, 15) is 4.79 Å². The highest BCUT2D eigenvalue weighted by atomic mass is 16.3. The van der Waals surface area contributed by atoms with E-state index in [2.05, 4.69) is 10.2 Å². The topological polar surface area (TPSA) is 52.6 Å². The van der Waals surface area contributed by atoms with Crippen LogP contribution in [0, 0.1) is 0 Å². The molecule has 2 rings (SSSR count). The number of nitrogens with zero attached hydrogens (tertiary/aromatic N) is 1. The Hall–Kier alpha value is -0.610. The molecule has 0 radical (unpaired) electrons. The van der Waals surface area contributed by atoms with Gasteiger partial charge in [-0.15, -0.1) is 0 Å². The molecule has 0 aromatic rings. The smallest absolute Gasteiger partial charge is 0.240 e. The molecule has 4 nitrogen and oxygen atoms in total. The highest BCUT2D eigenvalue weighted by molar-refractivity contribution is 5.82. The van der Waals surface area contributed by atoms with Crippen LogP contribution < -0.4 is 5.32 Å². The van der Waals surface area contributed by atoms with Gasteiger partial charge in [-0.25, -0.2) is 0 Å². The van der Waals surface area contributed by atoms with Crippen molar-refractivity contribution in [3.8, 4) is 0 Å². The third-order valence-corrected chi connectivity index (χ3v) is 3.98. The number of rotatable bonds is 3. The molecule has 98 valence electrons. The molecule has 0 bridgehead atoms. The highest BCUT2D eigenvalue weighted by Crippen LogP contribution is 2.24. The van der Waals surface area contributed by atoms with E-state index in [1.807, 2.05) is 0 Å². The SMILES string of the molecule is O=C1C(CCO)NCCCN1C1CCCCC1. The summed E-state index contributed by atoms with van der Waals surface area (Å²) in [5, 5.41) is 12.3. The Morgan fingerprint density at radius 3 is 2.71 bits per heavy atom. The van der Waals surface area contributed by atoms with E-state index in [1.54, 1.807) is 0 Å². The van der Waals surface area contributed by atoms with Crippen molar-refractivity contribution < 1.29 is 9.90 Å². The maximum atomic E-state index is 12.4. The van der Waals surface area contributed by atoms with Gasteiger partial charge in [0.05, 0.1) is 6.04 Å². The molecule has 4 heteroatoms. The Labute approximate surface area is 103 Å². The largest absolute Gasteiger partial charge is 0.396 e. The number of carbonyl (C=O) groups excluding carboxylic acids is 1. The normalized spacial score (nSPS) is 28.2. The van der Waals surface area contributed by atoms with E-state index in [4.69, 9.17) is 5.11 Å². The molecule has 1 unspecified atom stereocenters. The molecule has 1 aliphatic heterocycles. The van der Waals surface area contributed by atoms with Crippen molar-refractivity contribution in [3.05, 3.63) is 0 Å². The van der Waals surface area contributed by atoms with E-state index in [1.165, 1.54) is 19.3 Å². The highest BCUT2D eigenvalue weighted by Gasteiger charge is 2.31. The lowest BCUT2D eigenvalue weighted by molar-refractivity contribution is -0.136. The summed E-state index contributed by atoms with van der Waals surface area (Å²) < 4.78 is 0. The molecule has 1 amide bonds. The summed E-state index contributed by atoms with van der Waals surface area (Å²) >= 11 is 0. The van der Waals surface area contributed by atoms with Gasteiger partial charge >= 0.3 is 0 Å². The van der Waals surface area contributed by atoms with Gasteiger partial charge in [0, 0.05) is 19.2 Å². The van der Waals surface area contributed by atoms with Gasteiger partial charge in [-0.3, -0.25) is 4.79 Å². The van der Waals surface area contributed by atoms with Crippen LogP contribution in [0.1, 0.15) is 44.9 Å². The molecule has 1 atom stereocenters. The standard InChI is InChI=1S/C13H24N2O2/c16-10-7-12-13(17)15(9-4-8-14-12)11-5-2-1-3-6-11/h11-12,14,16H,1-10H2. The van der Waals surface area contributed by atoms with Crippen LogP contribution in [0.5, 0.6) is 0 Å². The van der Waals surface area contributed by atoms with Crippen LogP contribution in [0.2, 0.25) is 0 Å². The van der Waals surface area contributed by atoms with Crippen molar-refractivity contribution >= 4 is 5.91 Å².